The van der Waals surface area contributed by atoms with Crippen molar-refractivity contribution >= 4 is 96.2 Å². The molecule has 0 atom stereocenters. The lowest BCUT2D eigenvalue weighted by Gasteiger charge is -2.49. The van der Waals surface area contributed by atoms with Crippen LogP contribution in [0.4, 0.5) is 51.2 Å². The van der Waals surface area contributed by atoms with E-state index in [4.69, 9.17) is 4.42 Å². The Morgan fingerprint density at radius 2 is 0.864 bits per heavy atom. The smallest absolute Gasteiger partial charge is 0.252 e. The topological polar surface area (TPSA) is 22.9 Å². The van der Waals surface area contributed by atoms with Gasteiger partial charge in [-0.15, -0.1) is 0 Å². The molecule has 4 nitrogen and oxygen atoms in total. The summed E-state index contributed by atoms with van der Waals surface area (Å²) in [6.45, 7) is 36.7. The second kappa shape index (κ2) is 17.3. The molecule has 0 bridgehead atoms. The molecule has 0 N–H and O–H groups in total. The van der Waals surface area contributed by atoms with Gasteiger partial charge in [0, 0.05) is 45.2 Å². The molecule has 81 heavy (non-hydrogen) atoms. The van der Waals surface area contributed by atoms with Crippen LogP contribution in [0.1, 0.15) is 181 Å². The summed E-state index contributed by atoms with van der Waals surface area (Å²) in [5, 5.41) is 2.28. The van der Waals surface area contributed by atoms with Crippen LogP contribution in [-0.4, -0.2) is 6.71 Å². The van der Waals surface area contributed by atoms with Gasteiger partial charge in [-0.3, -0.25) is 0 Å². The zero-order chi connectivity index (χ0) is 56.7. The number of fused-ring (bicyclic) bond motifs is 10. The molecule has 0 saturated heterocycles. The Morgan fingerprint density at radius 1 is 0.395 bits per heavy atom. The third kappa shape index (κ3) is 7.89. The van der Waals surface area contributed by atoms with E-state index in [2.05, 4.69) is 270 Å². The van der Waals surface area contributed by atoms with Crippen molar-refractivity contribution in [2.45, 2.75) is 180 Å². The van der Waals surface area contributed by atoms with Gasteiger partial charge >= 0.3 is 0 Å². The molecule has 0 amide bonds. The van der Waals surface area contributed by atoms with E-state index in [1.807, 2.05) is 0 Å². The number of benzene rings is 8. The molecular formula is C76H82BN3O. The number of anilines is 9. The number of nitrogens with zero attached hydrogens (tertiary/aromatic N) is 3. The van der Waals surface area contributed by atoms with Gasteiger partial charge in [0.15, 0.2) is 0 Å². The number of furan rings is 1. The molecule has 0 radical (unpaired) electrons. The van der Waals surface area contributed by atoms with Crippen molar-refractivity contribution in [3.63, 3.8) is 0 Å². The summed E-state index contributed by atoms with van der Waals surface area (Å²) in [5.41, 5.74) is 26.8. The first-order chi connectivity index (χ1) is 38.2. The quantitative estimate of drug-likeness (QED) is 0.160. The summed E-state index contributed by atoms with van der Waals surface area (Å²) in [6.07, 6.45) is 6.89. The van der Waals surface area contributed by atoms with Crippen LogP contribution in [-0.2, 0) is 37.9 Å². The molecule has 0 unspecified atom stereocenters. The minimum absolute atomic E-state index is 0.00120. The summed E-state index contributed by atoms with van der Waals surface area (Å²) in [4.78, 5) is 7.92. The molecule has 0 fully saturated rings. The van der Waals surface area contributed by atoms with Gasteiger partial charge in [-0.25, -0.2) is 0 Å². The number of para-hydroxylation sites is 2. The molecule has 0 spiro atoms. The van der Waals surface area contributed by atoms with Crippen LogP contribution in [0.3, 0.4) is 0 Å². The third-order valence-electron chi connectivity index (χ3n) is 21.0. The van der Waals surface area contributed by atoms with Crippen molar-refractivity contribution < 1.29 is 4.42 Å². The normalized spacial score (nSPS) is 19.3. The Labute approximate surface area is 483 Å². The molecule has 0 saturated carbocycles. The van der Waals surface area contributed by atoms with Gasteiger partial charge in [0.1, 0.15) is 11.2 Å². The minimum atomic E-state index is -0.0663. The standard InChI is InChI=1S/C76H82BN3O/c1-70(2,3)47-29-31-52-67(39-47)81-66-28-22-27-61(68(52)66)80-63-46-58-56(74(10,11)36-38-76(58,14)15)44-60(63)77-59-43-55-57(75(12,13)37-35-73(55,8)9)45-62(59)79(50-30-32-53-54(40-50)72(6,7)34-33-71(53,4)5)64-41-51(42-65(80)69(64)77)78(48-23-18-16-19-24-48)49-25-20-17-21-26-49/h16-32,39-46H,33-38H2,1-15H3. The molecule has 5 aliphatic rings. The third-order valence-corrected chi connectivity index (χ3v) is 21.0. The second-order valence-corrected chi connectivity index (χ2v) is 30.2. The van der Waals surface area contributed by atoms with Crippen LogP contribution >= 0.6 is 0 Å². The molecule has 3 heterocycles. The molecule has 1 aromatic heterocycles. The van der Waals surface area contributed by atoms with Gasteiger partial charge in [-0.2, -0.15) is 0 Å². The van der Waals surface area contributed by atoms with E-state index >= 15 is 0 Å². The van der Waals surface area contributed by atoms with Gasteiger partial charge in [0.2, 0.25) is 0 Å². The van der Waals surface area contributed by atoms with E-state index in [9.17, 15) is 0 Å². The maximum atomic E-state index is 7.05. The highest BCUT2D eigenvalue weighted by Crippen LogP contribution is 2.56. The fraction of sp³-hybridized carbons (Fsp3) is 0.368. The van der Waals surface area contributed by atoms with Crippen molar-refractivity contribution in [1.29, 1.82) is 0 Å². The molecule has 14 rings (SSSR count). The average Bonchev–Trinajstić information content (AvgIpc) is 2.14. The lowest BCUT2D eigenvalue weighted by Crippen LogP contribution is -2.62. The first kappa shape index (κ1) is 52.1. The Hall–Kier alpha value is -6.98. The summed E-state index contributed by atoms with van der Waals surface area (Å²) in [6, 6.07) is 59.3. The van der Waals surface area contributed by atoms with Crippen molar-refractivity contribution in [1.82, 2.24) is 0 Å². The van der Waals surface area contributed by atoms with Crippen LogP contribution < -0.4 is 31.1 Å². The first-order valence-electron chi connectivity index (χ1n) is 30.4. The fourth-order valence-corrected chi connectivity index (χ4v) is 15.5. The number of hydrogen-bond donors (Lipinski definition) is 0. The molecule has 3 aliphatic carbocycles. The number of hydrogen-bond acceptors (Lipinski definition) is 4. The SMILES string of the molecule is CC(C)(C)c1ccc2c(c1)oc1cccc(N3c4cc5c(cc4B4c6cc7c(cc6N(c6ccc8c(c6)C(C)(C)CCC8(C)C)c6cc(N(c8ccccc8)c8ccccc8)cc3c64)C(C)(C)CCC7(C)C)C(C)(C)CCC5(C)C)c12. The molecule has 410 valence electrons. The summed E-state index contributed by atoms with van der Waals surface area (Å²) in [5.74, 6) is 0. The predicted molar refractivity (Wildman–Crippen MR) is 347 cm³/mol. The first-order valence-corrected chi connectivity index (χ1v) is 30.4. The van der Waals surface area contributed by atoms with Crippen molar-refractivity contribution in [2.24, 2.45) is 0 Å². The van der Waals surface area contributed by atoms with Gasteiger partial charge in [-0.05, 0) is 211 Å². The zero-order valence-corrected chi connectivity index (χ0v) is 51.0. The van der Waals surface area contributed by atoms with E-state index in [1.54, 1.807) is 0 Å². The van der Waals surface area contributed by atoms with E-state index in [0.717, 1.165) is 76.8 Å². The number of rotatable bonds is 5. The fourth-order valence-electron chi connectivity index (χ4n) is 15.5. The lowest BCUT2D eigenvalue weighted by atomic mass is 9.32. The molecule has 9 aromatic rings. The Bertz CT molecular complexity index is 4030. The Morgan fingerprint density at radius 3 is 1.38 bits per heavy atom. The van der Waals surface area contributed by atoms with Gasteiger partial charge in [-0.1, -0.05) is 177 Å². The highest BCUT2D eigenvalue weighted by molar-refractivity contribution is 7.00. The summed E-state index contributed by atoms with van der Waals surface area (Å²) < 4.78 is 7.05. The molecule has 8 aromatic carbocycles. The molecule has 5 heteroatoms. The van der Waals surface area contributed by atoms with E-state index < -0.39 is 0 Å². The van der Waals surface area contributed by atoms with Crippen LogP contribution in [0.5, 0.6) is 0 Å². The Balaban J connectivity index is 1.17. The summed E-state index contributed by atoms with van der Waals surface area (Å²) in [7, 11) is 0. The van der Waals surface area contributed by atoms with Crippen LogP contribution in [0.15, 0.2) is 156 Å². The predicted octanol–water partition coefficient (Wildman–Crippen LogP) is 19.5. The van der Waals surface area contributed by atoms with E-state index in [-0.39, 0.29) is 44.6 Å². The lowest BCUT2D eigenvalue weighted by molar-refractivity contribution is 0.332. The maximum absolute atomic E-state index is 7.05. The van der Waals surface area contributed by atoms with Crippen molar-refractivity contribution in [3.05, 3.63) is 191 Å². The van der Waals surface area contributed by atoms with Gasteiger partial charge in [0.05, 0.1) is 16.8 Å². The van der Waals surface area contributed by atoms with E-state index in [0.29, 0.717) is 0 Å². The van der Waals surface area contributed by atoms with Crippen molar-refractivity contribution in [3.8, 4) is 0 Å². The molecule has 2 aliphatic heterocycles. The van der Waals surface area contributed by atoms with Crippen molar-refractivity contribution in [2.75, 3.05) is 14.7 Å². The Kier molecular flexibility index (Phi) is 11.1. The van der Waals surface area contributed by atoms with Gasteiger partial charge in [0.25, 0.3) is 6.71 Å². The largest absolute Gasteiger partial charge is 0.456 e. The van der Waals surface area contributed by atoms with Crippen LogP contribution in [0.25, 0.3) is 21.9 Å². The maximum Gasteiger partial charge on any atom is 0.252 e. The highest BCUT2D eigenvalue weighted by atomic mass is 16.3. The summed E-state index contributed by atoms with van der Waals surface area (Å²) >= 11 is 0. The minimum Gasteiger partial charge on any atom is -0.456 e. The highest BCUT2D eigenvalue weighted by Gasteiger charge is 2.50. The van der Waals surface area contributed by atoms with Gasteiger partial charge < -0.3 is 19.1 Å². The van der Waals surface area contributed by atoms with Crippen LogP contribution in [0, 0.1) is 0 Å². The average molecular weight is 1060 g/mol. The van der Waals surface area contributed by atoms with E-state index in [1.165, 1.54) is 90.2 Å². The molecular weight excluding hydrogens is 982 g/mol. The monoisotopic (exact) mass is 1060 g/mol. The van der Waals surface area contributed by atoms with Crippen LogP contribution in [0.2, 0.25) is 0 Å². The zero-order valence-electron chi connectivity index (χ0n) is 51.0. The second-order valence-electron chi connectivity index (χ2n) is 30.2.